The van der Waals surface area contributed by atoms with Gasteiger partial charge in [0.2, 0.25) is 0 Å². The van der Waals surface area contributed by atoms with E-state index in [1.807, 2.05) is 38.1 Å². The topological polar surface area (TPSA) is 82.2 Å². The second kappa shape index (κ2) is 6.80. The van der Waals surface area contributed by atoms with Crippen LogP contribution in [0.1, 0.15) is 33.1 Å². The highest BCUT2D eigenvalue weighted by Gasteiger charge is 2.21. The van der Waals surface area contributed by atoms with E-state index in [9.17, 15) is 4.79 Å². The maximum atomic E-state index is 12.5. The quantitative estimate of drug-likeness (QED) is 0.771. The summed E-state index contributed by atoms with van der Waals surface area (Å²) in [4.78, 5) is 12.5. The predicted molar refractivity (Wildman–Crippen MR) is 92.6 cm³/mol. The molecule has 0 aliphatic heterocycles. The number of ether oxygens (including phenoxy) is 1. The van der Waals surface area contributed by atoms with Crippen molar-refractivity contribution in [2.45, 2.75) is 27.4 Å². The molecule has 0 spiro atoms. The minimum Gasteiger partial charge on any atom is -0.489 e. The van der Waals surface area contributed by atoms with Crippen molar-refractivity contribution in [1.82, 2.24) is 14.9 Å². The molecular formula is C18H20N4O3. The average Bonchev–Trinajstić information content (AvgIpc) is 3.09. The summed E-state index contributed by atoms with van der Waals surface area (Å²) in [6, 6.07) is 9.49. The first-order chi connectivity index (χ1) is 11.9. The fourth-order valence-corrected chi connectivity index (χ4v) is 2.43. The van der Waals surface area contributed by atoms with Crippen molar-refractivity contribution in [3.05, 3.63) is 58.6 Å². The molecule has 7 nitrogen and oxygen atoms in total. The molecule has 0 aliphatic carbocycles. The van der Waals surface area contributed by atoms with Crippen molar-refractivity contribution in [3.8, 4) is 5.75 Å². The smallest absolute Gasteiger partial charge is 0.279 e. The van der Waals surface area contributed by atoms with E-state index in [2.05, 4.69) is 15.6 Å². The standard InChI is InChI=1S/C18H20N4O3/c1-11-5-7-14(8-6-11)24-10-15-13(3)25-21-17(15)18(23)19-16-9-12(2)20-22(16)4/h5-9H,10H2,1-4H3,(H,19,23). The number of aromatic nitrogens is 3. The van der Waals surface area contributed by atoms with Gasteiger partial charge in [0, 0.05) is 13.1 Å². The molecule has 1 N–H and O–H groups in total. The third kappa shape index (κ3) is 3.71. The first-order valence-electron chi connectivity index (χ1n) is 7.90. The number of amides is 1. The molecule has 7 heteroatoms. The fraction of sp³-hybridized carbons (Fsp3) is 0.278. The van der Waals surface area contributed by atoms with Gasteiger partial charge in [-0.1, -0.05) is 22.9 Å². The lowest BCUT2D eigenvalue weighted by atomic mass is 10.2. The number of carbonyl (C=O) groups excluding carboxylic acids is 1. The van der Waals surface area contributed by atoms with Gasteiger partial charge in [-0.3, -0.25) is 9.48 Å². The zero-order chi connectivity index (χ0) is 18.0. The molecule has 3 rings (SSSR count). The molecule has 1 amide bonds. The highest BCUT2D eigenvalue weighted by atomic mass is 16.5. The van der Waals surface area contributed by atoms with Gasteiger partial charge >= 0.3 is 0 Å². The van der Waals surface area contributed by atoms with Crippen LogP contribution < -0.4 is 10.1 Å². The molecule has 2 aromatic heterocycles. The number of benzene rings is 1. The molecule has 0 fully saturated rings. The Morgan fingerprint density at radius 2 is 1.96 bits per heavy atom. The summed E-state index contributed by atoms with van der Waals surface area (Å²) in [6.07, 6.45) is 0. The molecule has 130 valence electrons. The summed E-state index contributed by atoms with van der Waals surface area (Å²) in [7, 11) is 1.76. The van der Waals surface area contributed by atoms with Crippen molar-refractivity contribution in [2.24, 2.45) is 7.05 Å². The zero-order valence-electron chi connectivity index (χ0n) is 14.7. The van der Waals surface area contributed by atoms with E-state index >= 15 is 0 Å². The van der Waals surface area contributed by atoms with Crippen LogP contribution in [0.25, 0.3) is 0 Å². The van der Waals surface area contributed by atoms with E-state index in [4.69, 9.17) is 9.26 Å². The Bertz CT molecular complexity index is 894. The van der Waals surface area contributed by atoms with Gasteiger partial charge in [0.05, 0.1) is 11.3 Å². The van der Waals surface area contributed by atoms with Gasteiger partial charge in [-0.05, 0) is 32.9 Å². The lowest BCUT2D eigenvalue weighted by Crippen LogP contribution is -2.17. The molecular weight excluding hydrogens is 320 g/mol. The number of aryl methyl sites for hydroxylation is 4. The molecule has 3 aromatic rings. The van der Waals surface area contributed by atoms with Crippen molar-refractivity contribution in [1.29, 1.82) is 0 Å². The number of hydrogen-bond donors (Lipinski definition) is 1. The molecule has 1 aromatic carbocycles. The normalized spacial score (nSPS) is 10.7. The van der Waals surface area contributed by atoms with E-state index < -0.39 is 0 Å². The molecule has 0 aliphatic rings. The highest BCUT2D eigenvalue weighted by molar-refractivity contribution is 6.03. The number of carbonyl (C=O) groups is 1. The second-order valence-electron chi connectivity index (χ2n) is 5.92. The van der Waals surface area contributed by atoms with Gasteiger partial charge in [0.1, 0.15) is 23.9 Å². The Morgan fingerprint density at radius 1 is 1.24 bits per heavy atom. The van der Waals surface area contributed by atoms with E-state index in [0.29, 0.717) is 17.1 Å². The maximum Gasteiger partial charge on any atom is 0.279 e. The molecule has 0 bridgehead atoms. The van der Waals surface area contributed by atoms with Crippen LogP contribution in [0, 0.1) is 20.8 Å². The van der Waals surface area contributed by atoms with E-state index in [1.165, 1.54) is 0 Å². The van der Waals surface area contributed by atoms with Gasteiger partial charge in [-0.25, -0.2) is 0 Å². The van der Waals surface area contributed by atoms with Crippen LogP contribution in [0.15, 0.2) is 34.9 Å². The lowest BCUT2D eigenvalue weighted by molar-refractivity contribution is 0.101. The Balaban J connectivity index is 1.75. The molecule has 0 radical (unpaired) electrons. The SMILES string of the molecule is Cc1ccc(OCc2c(C(=O)Nc3cc(C)nn3C)noc2C)cc1. The molecule has 0 unspecified atom stereocenters. The number of hydrogen-bond acceptors (Lipinski definition) is 5. The zero-order valence-corrected chi connectivity index (χ0v) is 14.7. The summed E-state index contributed by atoms with van der Waals surface area (Å²) >= 11 is 0. The Hall–Kier alpha value is -3.09. The summed E-state index contributed by atoms with van der Waals surface area (Å²) in [5.74, 6) is 1.51. The largest absolute Gasteiger partial charge is 0.489 e. The lowest BCUT2D eigenvalue weighted by Gasteiger charge is -2.07. The van der Waals surface area contributed by atoms with Gasteiger partial charge in [0.15, 0.2) is 5.69 Å². The number of rotatable bonds is 5. The first kappa shape index (κ1) is 16.8. The fourth-order valence-electron chi connectivity index (χ4n) is 2.43. The third-order valence-electron chi connectivity index (χ3n) is 3.85. The molecule has 25 heavy (non-hydrogen) atoms. The van der Waals surface area contributed by atoms with E-state index in [0.717, 1.165) is 17.0 Å². The van der Waals surface area contributed by atoms with Crippen molar-refractivity contribution >= 4 is 11.7 Å². The summed E-state index contributed by atoms with van der Waals surface area (Å²) in [5, 5.41) is 10.9. The van der Waals surface area contributed by atoms with Crippen LogP contribution in [0.2, 0.25) is 0 Å². The van der Waals surface area contributed by atoms with Crippen LogP contribution in [0.3, 0.4) is 0 Å². The van der Waals surface area contributed by atoms with Gasteiger partial charge in [-0.15, -0.1) is 0 Å². The van der Waals surface area contributed by atoms with Crippen LogP contribution in [-0.4, -0.2) is 20.8 Å². The van der Waals surface area contributed by atoms with Gasteiger partial charge < -0.3 is 14.6 Å². The molecule has 0 atom stereocenters. The Morgan fingerprint density at radius 3 is 2.60 bits per heavy atom. The summed E-state index contributed by atoms with van der Waals surface area (Å²) in [5.41, 5.74) is 2.80. The second-order valence-corrected chi connectivity index (χ2v) is 5.92. The van der Waals surface area contributed by atoms with E-state index in [1.54, 1.807) is 24.7 Å². The number of nitrogens with one attached hydrogen (secondary N) is 1. The van der Waals surface area contributed by atoms with Crippen molar-refractivity contribution in [2.75, 3.05) is 5.32 Å². The average molecular weight is 340 g/mol. The van der Waals surface area contributed by atoms with Crippen molar-refractivity contribution < 1.29 is 14.1 Å². The number of anilines is 1. The van der Waals surface area contributed by atoms with Gasteiger partial charge in [-0.2, -0.15) is 5.10 Å². The first-order valence-corrected chi connectivity index (χ1v) is 7.90. The Labute approximate surface area is 145 Å². The monoisotopic (exact) mass is 340 g/mol. The third-order valence-corrected chi connectivity index (χ3v) is 3.85. The molecule has 2 heterocycles. The minimum atomic E-state index is -0.359. The highest BCUT2D eigenvalue weighted by Crippen LogP contribution is 2.19. The van der Waals surface area contributed by atoms with Crippen LogP contribution in [-0.2, 0) is 13.7 Å². The summed E-state index contributed by atoms with van der Waals surface area (Å²) in [6.45, 7) is 5.82. The Kier molecular flexibility index (Phi) is 4.56. The van der Waals surface area contributed by atoms with E-state index in [-0.39, 0.29) is 18.2 Å². The minimum absolute atomic E-state index is 0.200. The maximum absolute atomic E-state index is 12.5. The summed E-state index contributed by atoms with van der Waals surface area (Å²) < 4.78 is 12.5. The van der Waals surface area contributed by atoms with Crippen LogP contribution in [0.4, 0.5) is 5.82 Å². The van der Waals surface area contributed by atoms with Crippen LogP contribution >= 0.6 is 0 Å². The molecule has 0 saturated carbocycles. The van der Waals surface area contributed by atoms with Crippen molar-refractivity contribution in [3.63, 3.8) is 0 Å². The molecule has 0 saturated heterocycles. The van der Waals surface area contributed by atoms with Crippen LogP contribution in [0.5, 0.6) is 5.75 Å². The van der Waals surface area contributed by atoms with Gasteiger partial charge in [0.25, 0.3) is 5.91 Å². The predicted octanol–water partition coefficient (Wildman–Crippen LogP) is 3.16. The number of nitrogens with zero attached hydrogens (tertiary/aromatic N) is 3.